The normalized spacial score (nSPS) is 14.5. The molecule has 0 aromatic carbocycles. The first-order valence-corrected chi connectivity index (χ1v) is 4.62. The number of rotatable bonds is 4. The van der Waals surface area contributed by atoms with Gasteiger partial charge in [0.1, 0.15) is 0 Å². The fraction of sp³-hybridized carbons (Fsp3) is 0.333. The molecule has 1 aliphatic heterocycles. The molecular formula is C9H14BF4N2-. The zero-order valence-electron chi connectivity index (χ0n) is 8.83. The minimum atomic E-state index is -6.00. The van der Waals surface area contributed by atoms with Crippen LogP contribution in [0.2, 0.25) is 0 Å². The number of halogens is 4. The molecule has 0 unspecified atom stereocenters. The highest BCUT2D eigenvalue weighted by molar-refractivity contribution is 6.50. The molecule has 0 spiro atoms. The van der Waals surface area contributed by atoms with Crippen LogP contribution in [0.4, 0.5) is 17.3 Å². The van der Waals surface area contributed by atoms with Gasteiger partial charge in [-0.3, -0.25) is 0 Å². The molecule has 1 rings (SSSR count). The van der Waals surface area contributed by atoms with E-state index in [1.807, 2.05) is 12.2 Å². The molecule has 0 aliphatic carbocycles. The monoisotopic (exact) mass is 237 g/mol. The molecular weight excluding hydrogens is 223 g/mol. The molecule has 0 saturated heterocycles. The van der Waals surface area contributed by atoms with E-state index in [9.17, 15) is 17.3 Å². The van der Waals surface area contributed by atoms with Crippen molar-refractivity contribution in [3.05, 3.63) is 37.7 Å². The Kier molecular flexibility index (Phi) is 6.37. The van der Waals surface area contributed by atoms with Gasteiger partial charge in [0.25, 0.3) is 0 Å². The van der Waals surface area contributed by atoms with Crippen molar-refractivity contribution in [2.24, 2.45) is 0 Å². The molecule has 2 nitrogen and oxygen atoms in total. The van der Waals surface area contributed by atoms with Crippen molar-refractivity contribution in [2.45, 2.75) is 0 Å². The Balaban J connectivity index is 0.000000385. The second-order valence-corrected chi connectivity index (χ2v) is 3.05. The first-order valence-electron chi connectivity index (χ1n) is 4.62. The van der Waals surface area contributed by atoms with Crippen molar-refractivity contribution >= 4 is 7.25 Å². The van der Waals surface area contributed by atoms with E-state index in [1.54, 1.807) is 0 Å². The Labute approximate surface area is 92.6 Å². The van der Waals surface area contributed by atoms with E-state index in [4.69, 9.17) is 0 Å². The van der Waals surface area contributed by atoms with Crippen molar-refractivity contribution in [2.75, 3.05) is 19.8 Å². The highest BCUT2D eigenvalue weighted by Crippen LogP contribution is 2.06. The third kappa shape index (κ3) is 9.17. The maximum Gasteiger partial charge on any atom is 0.673 e. The smallest absolute Gasteiger partial charge is 0.418 e. The lowest BCUT2D eigenvalue weighted by molar-refractivity contribution is 0.300. The minimum Gasteiger partial charge on any atom is -0.418 e. The molecule has 92 valence electrons. The summed E-state index contributed by atoms with van der Waals surface area (Å²) in [5.74, 6) is 0. The predicted octanol–water partition coefficient (Wildman–Crippen LogP) is 2.70. The van der Waals surface area contributed by atoms with Crippen LogP contribution >= 0.6 is 0 Å². The molecule has 0 radical (unpaired) electrons. The average Bonchev–Trinajstić information content (AvgIpc) is 2.51. The van der Waals surface area contributed by atoms with Gasteiger partial charge in [0.15, 0.2) is 0 Å². The number of hydrogen-bond acceptors (Lipinski definition) is 2. The summed E-state index contributed by atoms with van der Waals surface area (Å²) in [6.45, 7) is 10.2. The van der Waals surface area contributed by atoms with E-state index in [0.717, 1.165) is 19.8 Å². The molecule has 1 heterocycles. The molecule has 0 aromatic heterocycles. The molecule has 0 atom stereocenters. The standard InChI is InChI=1S/C9H14N2.BF4/c1-3-5-10-7-8-11(9-10)6-4-2;2-1(3,4)5/h3-4,7-8H,1-2,5-6,9H2;/q;-1. The first kappa shape index (κ1) is 14.6. The van der Waals surface area contributed by atoms with Crippen LogP contribution < -0.4 is 0 Å². The Morgan fingerprint density at radius 3 is 1.56 bits per heavy atom. The van der Waals surface area contributed by atoms with E-state index >= 15 is 0 Å². The Bertz CT molecular complexity index is 228. The van der Waals surface area contributed by atoms with Gasteiger partial charge in [-0.15, -0.1) is 13.2 Å². The lowest BCUT2D eigenvalue weighted by Gasteiger charge is -2.18. The zero-order valence-corrected chi connectivity index (χ0v) is 8.83. The van der Waals surface area contributed by atoms with Gasteiger partial charge in [-0.05, 0) is 0 Å². The van der Waals surface area contributed by atoms with Gasteiger partial charge >= 0.3 is 7.25 Å². The fourth-order valence-electron chi connectivity index (χ4n) is 1.08. The Morgan fingerprint density at radius 1 is 1.00 bits per heavy atom. The molecule has 1 aliphatic rings. The van der Waals surface area contributed by atoms with E-state index < -0.39 is 7.25 Å². The summed E-state index contributed by atoms with van der Waals surface area (Å²) in [4.78, 5) is 4.38. The number of nitrogens with zero attached hydrogens (tertiary/aromatic N) is 2. The summed E-state index contributed by atoms with van der Waals surface area (Å²) in [5, 5.41) is 0. The number of hydrogen-bond donors (Lipinski definition) is 0. The quantitative estimate of drug-likeness (QED) is 0.421. The van der Waals surface area contributed by atoms with Gasteiger partial charge < -0.3 is 27.1 Å². The third-order valence-electron chi connectivity index (χ3n) is 1.58. The Morgan fingerprint density at radius 2 is 1.31 bits per heavy atom. The van der Waals surface area contributed by atoms with Gasteiger partial charge in [-0.2, -0.15) is 0 Å². The van der Waals surface area contributed by atoms with Crippen molar-refractivity contribution in [1.29, 1.82) is 0 Å². The fourth-order valence-corrected chi connectivity index (χ4v) is 1.08. The maximum atomic E-state index is 9.75. The minimum absolute atomic E-state index is 0.921. The van der Waals surface area contributed by atoms with E-state index in [0.29, 0.717) is 0 Å². The second-order valence-electron chi connectivity index (χ2n) is 3.05. The van der Waals surface area contributed by atoms with E-state index in [2.05, 4.69) is 35.4 Å². The third-order valence-corrected chi connectivity index (χ3v) is 1.58. The summed E-state index contributed by atoms with van der Waals surface area (Å²) in [7, 11) is -6.00. The molecule has 16 heavy (non-hydrogen) atoms. The zero-order chi connectivity index (χ0) is 12.6. The van der Waals surface area contributed by atoms with Crippen molar-refractivity contribution in [3.8, 4) is 0 Å². The molecule has 0 aromatic rings. The lowest BCUT2D eigenvalue weighted by Crippen LogP contribution is -2.25. The molecule has 0 saturated carbocycles. The van der Waals surface area contributed by atoms with Crippen LogP contribution in [0.5, 0.6) is 0 Å². The van der Waals surface area contributed by atoms with Gasteiger partial charge in [0.05, 0.1) is 6.67 Å². The van der Waals surface area contributed by atoms with Gasteiger partial charge in [0, 0.05) is 25.5 Å². The first-order chi connectivity index (χ1) is 7.36. The van der Waals surface area contributed by atoms with E-state index in [1.165, 1.54) is 0 Å². The molecule has 7 heteroatoms. The van der Waals surface area contributed by atoms with Crippen LogP contribution in [0.15, 0.2) is 37.7 Å². The molecule has 0 amide bonds. The molecule has 0 N–H and O–H groups in total. The SMILES string of the molecule is C=CCN1C=CN(CC=C)C1.F[B-](F)(F)F. The topological polar surface area (TPSA) is 6.48 Å². The van der Waals surface area contributed by atoms with Crippen molar-refractivity contribution in [1.82, 2.24) is 9.80 Å². The van der Waals surface area contributed by atoms with Crippen LogP contribution in [-0.4, -0.2) is 36.8 Å². The van der Waals surface area contributed by atoms with Gasteiger partial charge in [0.2, 0.25) is 0 Å². The predicted molar refractivity (Wildman–Crippen MR) is 58.0 cm³/mol. The largest absolute Gasteiger partial charge is 0.673 e. The van der Waals surface area contributed by atoms with Gasteiger partial charge in [-0.1, -0.05) is 12.2 Å². The summed E-state index contributed by atoms with van der Waals surface area (Å²) < 4.78 is 39.0. The second kappa shape index (κ2) is 6.97. The lowest BCUT2D eigenvalue weighted by atomic mass is 10.3. The van der Waals surface area contributed by atoms with Crippen molar-refractivity contribution in [3.63, 3.8) is 0 Å². The summed E-state index contributed by atoms with van der Waals surface area (Å²) in [6.07, 6.45) is 7.96. The van der Waals surface area contributed by atoms with Gasteiger partial charge in [-0.25, -0.2) is 0 Å². The van der Waals surface area contributed by atoms with Crippen molar-refractivity contribution < 1.29 is 17.3 Å². The van der Waals surface area contributed by atoms with Crippen LogP contribution in [0.3, 0.4) is 0 Å². The average molecular weight is 237 g/mol. The maximum absolute atomic E-state index is 9.75. The van der Waals surface area contributed by atoms with E-state index in [-0.39, 0.29) is 0 Å². The van der Waals surface area contributed by atoms with Crippen LogP contribution in [-0.2, 0) is 0 Å². The molecule has 0 bridgehead atoms. The van der Waals surface area contributed by atoms with Crippen LogP contribution in [0.1, 0.15) is 0 Å². The summed E-state index contributed by atoms with van der Waals surface area (Å²) in [6, 6.07) is 0. The van der Waals surface area contributed by atoms with Crippen LogP contribution in [0, 0.1) is 0 Å². The highest BCUT2D eigenvalue weighted by atomic mass is 19.5. The summed E-state index contributed by atoms with van der Waals surface area (Å²) in [5.41, 5.74) is 0. The Hall–Kier alpha value is -1.40. The molecule has 0 fully saturated rings. The van der Waals surface area contributed by atoms with Crippen LogP contribution in [0.25, 0.3) is 0 Å². The summed E-state index contributed by atoms with van der Waals surface area (Å²) >= 11 is 0. The highest BCUT2D eigenvalue weighted by Gasteiger charge is 2.20.